The molecule has 0 unspecified atom stereocenters. The van der Waals surface area contributed by atoms with Crippen molar-refractivity contribution in [3.05, 3.63) is 16.4 Å². The number of rotatable bonds is 5. The van der Waals surface area contributed by atoms with Crippen molar-refractivity contribution in [2.75, 3.05) is 31.1 Å². The van der Waals surface area contributed by atoms with Gasteiger partial charge in [0.1, 0.15) is 5.82 Å². The van der Waals surface area contributed by atoms with E-state index < -0.39 is 0 Å². The average molecular weight is 254 g/mol. The van der Waals surface area contributed by atoms with E-state index in [1.807, 2.05) is 0 Å². The van der Waals surface area contributed by atoms with Gasteiger partial charge in [-0.1, -0.05) is 11.8 Å². The van der Waals surface area contributed by atoms with Crippen LogP contribution < -0.4 is 11.3 Å². The summed E-state index contributed by atoms with van der Waals surface area (Å²) in [5, 5.41) is 0.622. The Bertz CT molecular complexity index is 414. The second-order valence-corrected chi connectivity index (χ2v) is 5.31. The highest BCUT2D eigenvalue weighted by Crippen LogP contribution is 2.14. The van der Waals surface area contributed by atoms with Crippen molar-refractivity contribution in [3.63, 3.8) is 0 Å². The van der Waals surface area contributed by atoms with Gasteiger partial charge in [0.05, 0.1) is 0 Å². The van der Waals surface area contributed by atoms with E-state index in [-0.39, 0.29) is 11.4 Å². The Labute approximate surface area is 105 Å². The van der Waals surface area contributed by atoms with E-state index in [0.29, 0.717) is 5.16 Å². The molecule has 0 aliphatic carbocycles. The maximum atomic E-state index is 11.2. The summed E-state index contributed by atoms with van der Waals surface area (Å²) in [5.41, 5.74) is 5.33. The summed E-state index contributed by atoms with van der Waals surface area (Å²) in [6, 6.07) is 1.30. The van der Waals surface area contributed by atoms with Crippen molar-refractivity contribution in [2.24, 2.45) is 0 Å². The first-order valence-electron chi connectivity index (χ1n) is 5.96. The number of H-pyrrole nitrogens is 1. The molecule has 2 rings (SSSR count). The Morgan fingerprint density at radius 2 is 2.24 bits per heavy atom. The van der Waals surface area contributed by atoms with Gasteiger partial charge in [0.25, 0.3) is 5.56 Å². The third-order valence-electron chi connectivity index (χ3n) is 2.80. The van der Waals surface area contributed by atoms with E-state index in [4.69, 9.17) is 5.73 Å². The Balaban J connectivity index is 1.72. The molecule has 94 valence electrons. The predicted octanol–water partition coefficient (Wildman–Crippen LogP) is 0.930. The van der Waals surface area contributed by atoms with Crippen LogP contribution in [-0.2, 0) is 0 Å². The molecule has 0 aromatic carbocycles. The molecule has 1 aromatic rings. The van der Waals surface area contributed by atoms with Gasteiger partial charge in [-0.15, -0.1) is 0 Å². The van der Waals surface area contributed by atoms with Gasteiger partial charge in [-0.25, -0.2) is 4.98 Å². The van der Waals surface area contributed by atoms with Crippen molar-refractivity contribution in [1.82, 2.24) is 14.9 Å². The minimum absolute atomic E-state index is 0.181. The molecule has 5 nitrogen and oxygen atoms in total. The largest absolute Gasteiger partial charge is 0.383 e. The van der Waals surface area contributed by atoms with Crippen molar-refractivity contribution in [1.29, 1.82) is 0 Å². The summed E-state index contributed by atoms with van der Waals surface area (Å²) in [6.07, 6.45) is 3.78. The van der Waals surface area contributed by atoms with E-state index in [1.165, 1.54) is 32.0 Å². The normalized spacial score (nSPS) is 16.5. The molecule has 1 fully saturated rings. The second-order valence-electron chi connectivity index (χ2n) is 4.23. The lowest BCUT2D eigenvalue weighted by Crippen LogP contribution is -2.20. The fourth-order valence-electron chi connectivity index (χ4n) is 1.98. The molecule has 0 radical (unpaired) electrons. The van der Waals surface area contributed by atoms with E-state index in [9.17, 15) is 4.79 Å². The number of nitrogens with zero attached hydrogens (tertiary/aromatic N) is 2. The van der Waals surface area contributed by atoms with Gasteiger partial charge in [-0.2, -0.15) is 0 Å². The number of nitrogens with one attached hydrogen (secondary N) is 1. The van der Waals surface area contributed by atoms with Crippen LogP contribution >= 0.6 is 11.8 Å². The lowest BCUT2D eigenvalue weighted by atomic mass is 10.4. The number of aromatic amines is 1. The van der Waals surface area contributed by atoms with Crippen LogP contribution in [0.1, 0.15) is 19.3 Å². The van der Waals surface area contributed by atoms with Gasteiger partial charge >= 0.3 is 0 Å². The molecule has 1 aromatic heterocycles. The monoisotopic (exact) mass is 254 g/mol. The Kier molecular flexibility index (Phi) is 4.44. The Morgan fingerprint density at radius 3 is 2.94 bits per heavy atom. The lowest BCUT2D eigenvalue weighted by Gasteiger charge is -2.13. The highest BCUT2D eigenvalue weighted by molar-refractivity contribution is 7.99. The zero-order valence-corrected chi connectivity index (χ0v) is 10.6. The highest BCUT2D eigenvalue weighted by Gasteiger charge is 2.10. The van der Waals surface area contributed by atoms with Crippen LogP contribution in [0.15, 0.2) is 16.0 Å². The van der Waals surface area contributed by atoms with E-state index in [1.54, 1.807) is 11.8 Å². The number of likely N-dealkylation sites (tertiary alicyclic amines) is 1. The average Bonchev–Trinajstić information content (AvgIpc) is 2.76. The number of nitrogens with two attached hydrogens (primary N) is 1. The van der Waals surface area contributed by atoms with Crippen LogP contribution in [0.2, 0.25) is 0 Å². The fraction of sp³-hybridized carbons (Fsp3) is 0.636. The molecular formula is C11H18N4OS. The molecule has 0 amide bonds. The first-order chi connectivity index (χ1) is 8.24. The maximum Gasteiger partial charge on any atom is 0.253 e. The summed E-state index contributed by atoms with van der Waals surface area (Å²) in [4.78, 5) is 20.4. The topological polar surface area (TPSA) is 75.0 Å². The van der Waals surface area contributed by atoms with Gasteiger partial charge < -0.3 is 15.6 Å². The van der Waals surface area contributed by atoms with Crippen LogP contribution in [0.25, 0.3) is 0 Å². The molecule has 1 saturated heterocycles. The Morgan fingerprint density at radius 1 is 1.47 bits per heavy atom. The zero-order valence-electron chi connectivity index (χ0n) is 9.82. The number of thioether (sulfide) groups is 1. The zero-order chi connectivity index (χ0) is 12.1. The summed E-state index contributed by atoms with van der Waals surface area (Å²) in [5.74, 6) is 1.25. The molecule has 1 aliphatic heterocycles. The molecule has 17 heavy (non-hydrogen) atoms. The molecule has 6 heteroatoms. The third-order valence-corrected chi connectivity index (χ3v) is 3.76. The van der Waals surface area contributed by atoms with Crippen LogP contribution in [0.5, 0.6) is 0 Å². The maximum absolute atomic E-state index is 11.2. The molecule has 0 atom stereocenters. The summed E-state index contributed by atoms with van der Waals surface area (Å²) in [6.45, 7) is 3.61. The van der Waals surface area contributed by atoms with Crippen LogP contribution in [-0.4, -0.2) is 40.3 Å². The second kappa shape index (κ2) is 6.07. The van der Waals surface area contributed by atoms with Crippen molar-refractivity contribution in [3.8, 4) is 0 Å². The number of hydrogen-bond donors (Lipinski definition) is 2. The number of hydrogen-bond acceptors (Lipinski definition) is 5. The SMILES string of the molecule is Nc1cc(=O)[nH]c(SCCCN2CCCC2)n1. The minimum atomic E-state index is -0.181. The van der Waals surface area contributed by atoms with Crippen molar-refractivity contribution < 1.29 is 0 Å². The van der Waals surface area contributed by atoms with Crippen molar-refractivity contribution in [2.45, 2.75) is 24.4 Å². The smallest absolute Gasteiger partial charge is 0.253 e. The highest BCUT2D eigenvalue weighted by atomic mass is 32.2. The third kappa shape index (κ3) is 4.05. The van der Waals surface area contributed by atoms with Crippen LogP contribution in [0.3, 0.4) is 0 Å². The first-order valence-corrected chi connectivity index (χ1v) is 6.94. The molecule has 1 aliphatic rings. The predicted molar refractivity (Wildman–Crippen MR) is 70.3 cm³/mol. The fourth-order valence-corrected chi connectivity index (χ4v) is 2.79. The van der Waals surface area contributed by atoms with E-state index >= 15 is 0 Å². The van der Waals surface area contributed by atoms with Gasteiger partial charge in [0, 0.05) is 11.8 Å². The summed E-state index contributed by atoms with van der Waals surface area (Å²) >= 11 is 1.56. The number of nitrogen functional groups attached to an aromatic ring is 1. The molecule has 3 N–H and O–H groups in total. The lowest BCUT2D eigenvalue weighted by molar-refractivity contribution is 0.341. The van der Waals surface area contributed by atoms with Crippen LogP contribution in [0.4, 0.5) is 5.82 Å². The molecule has 0 bridgehead atoms. The molecule has 0 saturated carbocycles. The standard InChI is InChI=1S/C11H18N4OS/c12-9-8-10(16)14-11(13-9)17-7-3-6-15-4-1-2-5-15/h8H,1-7H2,(H3,12,13,14,16). The molecule has 0 spiro atoms. The molecule has 2 heterocycles. The first kappa shape index (κ1) is 12.4. The molecular weight excluding hydrogens is 236 g/mol. The van der Waals surface area contributed by atoms with E-state index in [2.05, 4.69) is 14.9 Å². The van der Waals surface area contributed by atoms with Crippen molar-refractivity contribution >= 4 is 17.6 Å². The van der Waals surface area contributed by atoms with Gasteiger partial charge in [0.2, 0.25) is 0 Å². The number of anilines is 1. The summed E-state index contributed by atoms with van der Waals surface area (Å²) in [7, 11) is 0. The van der Waals surface area contributed by atoms with Gasteiger partial charge in [-0.05, 0) is 38.9 Å². The van der Waals surface area contributed by atoms with Crippen LogP contribution in [0, 0.1) is 0 Å². The summed E-state index contributed by atoms with van der Waals surface area (Å²) < 4.78 is 0. The quantitative estimate of drug-likeness (QED) is 0.464. The van der Waals surface area contributed by atoms with E-state index in [0.717, 1.165) is 18.7 Å². The van der Waals surface area contributed by atoms with Gasteiger partial charge in [0.15, 0.2) is 5.16 Å². The van der Waals surface area contributed by atoms with Gasteiger partial charge in [-0.3, -0.25) is 4.79 Å². The Hall–Kier alpha value is -1.01. The minimum Gasteiger partial charge on any atom is -0.383 e. The number of aromatic nitrogens is 2.